The van der Waals surface area contributed by atoms with Gasteiger partial charge in [-0.15, -0.1) is 0 Å². The van der Waals surface area contributed by atoms with Gasteiger partial charge in [0.05, 0.1) is 115 Å². The zero-order valence-electron chi connectivity index (χ0n) is 50.1. The molecular formula is C66H76N6O15. The van der Waals surface area contributed by atoms with Gasteiger partial charge in [0.2, 0.25) is 0 Å². The molecule has 0 aliphatic heterocycles. The van der Waals surface area contributed by atoms with Crippen molar-refractivity contribution in [3.8, 4) is 62.5 Å². The number of rotatable bonds is 36. The Morgan fingerprint density at radius 1 is 0.402 bits per heavy atom. The van der Waals surface area contributed by atoms with Crippen molar-refractivity contribution >= 4 is 23.9 Å². The Labute approximate surface area is 506 Å². The fourth-order valence-electron chi connectivity index (χ4n) is 10.8. The van der Waals surface area contributed by atoms with Gasteiger partial charge < -0.3 is 53.6 Å². The molecule has 0 atom stereocenters. The summed E-state index contributed by atoms with van der Waals surface area (Å²) in [5.74, 6) is -1.57. The molecule has 21 heteroatoms. The van der Waals surface area contributed by atoms with Crippen LogP contribution in [0.2, 0.25) is 0 Å². The molecule has 0 spiro atoms. The zero-order valence-corrected chi connectivity index (χ0v) is 50.1. The summed E-state index contributed by atoms with van der Waals surface area (Å²) in [5.41, 5.74) is 6.56. The smallest absolute Gasteiger partial charge is 0.317 e. The summed E-state index contributed by atoms with van der Waals surface area (Å²) in [7, 11) is 10.7. The molecule has 0 saturated heterocycles. The summed E-state index contributed by atoms with van der Waals surface area (Å²) in [5, 5.41) is 43.5. The average molecular weight is 1190 g/mol. The minimum Gasteiger partial charge on any atom is -0.497 e. The topological polar surface area (TPSA) is 261 Å². The fraction of sp³-hybridized carbons (Fsp3) is 0.333. The molecule has 7 rings (SSSR count). The number of carboxylic acids is 4. The molecule has 21 nitrogen and oxygen atoms in total. The van der Waals surface area contributed by atoms with E-state index in [1.54, 1.807) is 43.5 Å². The highest BCUT2D eigenvalue weighted by Crippen LogP contribution is 2.44. The van der Waals surface area contributed by atoms with Gasteiger partial charge in [-0.25, -0.2) is 0 Å². The first-order chi connectivity index (χ1) is 42.0. The summed E-state index contributed by atoms with van der Waals surface area (Å²) >= 11 is 0. The second-order valence-electron chi connectivity index (χ2n) is 20.6. The first kappa shape index (κ1) is 65.3. The van der Waals surface area contributed by atoms with Gasteiger partial charge in [-0.1, -0.05) is 85.6 Å². The van der Waals surface area contributed by atoms with Crippen LogP contribution in [0.3, 0.4) is 0 Å². The van der Waals surface area contributed by atoms with E-state index in [-0.39, 0.29) is 26.2 Å². The van der Waals surface area contributed by atoms with Gasteiger partial charge in [0, 0.05) is 50.4 Å². The van der Waals surface area contributed by atoms with Crippen molar-refractivity contribution in [2.45, 2.75) is 57.4 Å². The van der Waals surface area contributed by atoms with Crippen molar-refractivity contribution in [1.82, 2.24) is 30.0 Å². The molecule has 0 fully saturated rings. The fourth-order valence-corrected chi connectivity index (χ4v) is 10.8. The van der Waals surface area contributed by atoms with Gasteiger partial charge in [0.1, 0.15) is 40.2 Å². The van der Waals surface area contributed by atoms with Gasteiger partial charge in [-0.05, 0) is 90.1 Å². The SMILES string of the molecule is COc1ccc(C(NCCCCCCN(Cc2cc(-c3c(OC)cc(OC)cc3OC)cc(CN(CC(=O)O)CC(=O)O)n2)Cc2cc(-c3c(OC)cc(OC)cc3OC)cc(CN(CC(=O)O)CC(=O)O)n2)(c2ccccc2)c2ccccc2)cc1. The van der Waals surface area contributed by atoms with E-state index in [1.807, 2.05) is 60.7 Å². The Morgan fingerprint density at radius 2 is 0.736 bits per heavy atom. The van der Waals surface area contributed by atoms with E-state index in [0.717, 1.165) is 41.7 Å². The first-order valence-electron chi connectivity index (χ1n) is 28.2. The van der Waals surface area contributed by atoms with Crippen molar-refractivity contribution in [2.24, 2.45) is 0 Å². The van der Waals surface area contributed by atoms with E-state index < -0.39 is 55.6 Å². The van der Waals surface area contributed by atoms with Crippen LogP contribution in [0, 0.1) is 0 Å². The molecule has 0 amide bonds. The van der Waals surface area contributed by atoms with Crippen molar-refractivity contribution in [1.29, 1.82) is 0 Å². The number of ether oxygens (including phenoxy) is 7. The molecule has 87 heavy (non-hydrogen) atoms. The second kappa shape index (κ2) is 31.7. The molecule has 460 valence electrons. The van der Waals surface area contributed by atoms with Gasteiger partial charge >= 0.3 is 23.9 Å². The summed E-state index contributed by atoms with van der Waals surface area (Å²) in [6.07, 6.45) is 3.18. The van der Waals surface area contributed by atoms with Crippen LogP contribution in [0.5, 0.6) is 40.2 Å². The summed E-state index contributed by atoms with van der Waals surface area (Å²) in [6, 6.07) is 43.0. The van der Waals surface area contributed by atoms with Crippen LogP contribution in [-0.4, -0.2) is 158 Å². The molecule has 2 aromatic heterocycles. The number of carbonyl (C=O) groups is 4. The Balaban J connectivity index is 1.29. The standard InChI is InChI=1S/C66H76N6O15/c1-81-53-24-22-48(23-25-53)66(46-18-12-10-13-19-46,47-20-14-11-15-21-47)67-26-16-8-9-17-27-70(36-49-28-44(64-56(84-4)32-54(82-2)33-57(64)85-5)30-51(68-49)38-71(40-60(73)74)41-61(75)76)37-50-29-45(65-58(86-6)34-55(83-3)35-59(65)87-7)31-52(69-50)39-72(42-62(77)78)43-63(79)80/h10-15,18-25,28-35,67H,8-9,16-17,26-27,36-43H2,1-7H3,(H,73,74)(H,75,76)(H,77,78)(H,79,80). The number of nitrogens with one attached hydrogen (secondary N) is 1. The number of methoxy groups -OCH3 is 7. The first-order valence-corrected chi connectivity index (χ1v) is 28.2. The van der Waals surface area contributed by atoms with Crippen LogP contribution in [0.25, 0.3) is 22.3 Å². The van der Waals surface area contributed by atoms with Crippen molar-refractivity contribution < 1.29 is 72.8 Å². The third-order valence-electron chi connectivity index (χ3n) is 14.6. The van der Waals surface area contributed by atoms with E-state index >= 15 is 0 Å². The summed E-state index contributed by atoms with van der Waals surface area (Å²) in [6.45, 7) is -1.07. The van der Waals surface area contributed by atoms with Crippen molar-refractivity contribution in [3.63, 3.8) is 0 Å². The molecule has 0 unspecified atom stereocenters. The maximum Gasteiger partial charge on any atom is 0.317 e. The van der Waals surface area contributed by atoms with Crippen molar-refractivity contribution in [2.75, 3.05) is 89.0 Å². The van der Waals surface area contributed by atoms with Crippen LogP contribution in [0.15, 0.2) is 133 Å². The number of pyridine rings is 2. The average Bonchev–Trinajstić information content (AvgIpc) is 1.25. The number of hydrogen-bond acceptors (Lipinski definition) is 17. The number of hydrogen-bond donors (Lipinski definition) is 5. The molecule has 0 aliphatic rings. The third-order valence-corrected chi connectivity index (χ3v) is 14.6. The van der Waals surface area contributed by atoms with E-state index in [9.17, 15) is 39.6 Å². The molecule has 7 aromatic rings. The Morgan fingerprint density at radius 3 is 1.07 bits per heavy atom. The van der Waals surface area contributed by atoms with Gasteiger partial charge in [0.25, 0.3) is 0 Å². The minimum atomic E-state index is -1.22. The lowest BCUT2D eigenvalue weighted by atomic mass is 9.77. The number of unbranched alkanes of at least 4 members (excludes halogenated alkanes) is 3. The minimum absolute atomic E-state index is 0.149. The van der Waals surface area contributed by atoms with Crippen LogP contribution in [0.4, 0.5) is 0 Å². The van der Waals surface area contributed by atoms with Gasteiger partial charge in [0.15, 0.2) is 0 Å². The van der Waals surface area contributed by atoms with E-state index in [0.29, 0.717) is 99.0 Å². The lowest BCUT2D eigenvalue weighted by Crippen LogP contribution is -2.45. The van der Waals surface area contributed by atoms with E-state index in [4.69, 9.17) is 43.1 Å². The molecular weight excluding hydrogens is 1120 g/mol. The molecule has 0 radical (unpaired) electrons. The van der Waals surface area contributed by atoms with Gasteiger partial charge in [-0.3, -0.25) is 49.2 Å². The maximum absolute atomic E-state index is 12.1. The van der Waals surface area contributed by atoms with Crippen LogP contribution in [0.1, 0.15) is 65.1 Å². The number of nitrogens with zero attached hydrogens (tertiary/aromatic N) is 5. The highest BCUT2D eigenvalue weighted by Gasteiger charge is 2.36. The van der Waals surface area contributed by atoms with Crippen molar-refractivity contribution in [3.05, 3.63) is 173 Å². The van der Waals surface area contributed by atoms with Gasteiger partial charge in [-0.2, -0.15) is 0 Å². The molecule has 0 saturated carbocycles. The number of benzene rings is 5. The molecule has 0 aliphatic carbocycles. The lowest BCUT2D eigenvalue weighted by Gasteiger charge is -2.37. The predicted molar refractivity (Wildman–Crippen MR) is 326 cm³/mol. The quantitative estimate of drug-likeness (QED) is 0.0181. The number of aliphatic carboxylic acids is 4. The Kier molecular flexibility index (Phi) is 23.8. The highest BCUT2D eigenvalue weighted by molar-refractivity contribution is 5.80. The zero-order chi connectivity index (χ0) is 62.5. The highest BCUT2D eigenvalue weighted by atomic mass is 16.5. The van der Waals surface area contributed by atoms with Crippen LogP contribution < -0.4 is 38.5 Å². The summed E-state index contributed by atoms with van der Waals surface area (Å²) in [4.78, 5) is 63.3. The van der Waals surface area contributed by atoms with E-state index in [2.05, 4.69) is 46.6 Å². The van der Waals surface area contributed by atoms with Crippen LogP contribution in [-0.2, 0) is 50.9 Å². The van der Waals surface area contributed by atoms with Crippen LogP contribution >= 0.6 is 0 Å². The molecule has 5 aromatic carbocycles. The largest absolute Gasteiger partial charge is 0.497 e. The number of aromatic nitrogens is 2. The third kappa shape index (κ3) is 17.7. The molecule has 5 N–H and O–H groups in total. The predicted octanol–water partition coefficient (Wildman–Crippen LogP) is 8.96. The van der Waals surface area contributed by atoms with E-state index in [1.165, 1.54) is 52.5 Å². The Bertz CT molecular complexity index is 3150. The second-order valence-corrected chi connectivity index (χ2v) is 20.6. The summed E-state index contributed by atoms with van der Waals surface area (Å²) < 4.78 is 40.3. The monoisotopic (exact) mass is 1190 g/mol. The molecule has 2 heterocycles. The Hall–Kier alpha value is -9.28. The maximum atomic E-state index is 12.1. The lowest BCUT2D eigenvalue weighted by molar-refractivity contribution is -0.144. The molecule has 0 bridgehead atoms. The number of carboxylic acid groups (broad SMARTS) is 4. The normalized spacial score (nSPS) is 11.4.